The van der Waals surface area contributed by atoms with E-state index in [0.717, 1.165) is 12.8 Å². The molecule has 0 saturated heterocycles. The predicted molar refractivity (Wildman–Crippen MR) is 85.9 cm³/mol. The molecule has 23 heavy (non-hydrogen) atoms. The molecule has 134 valence electrons. The minimum absolute atomic E-state index is 0.141. The highest BCUT2D eigenvalue weighted by Gasteiger charge is 2.23. The SMILES string of the molecule is CCOC(=O)C(CCCCCC(=O)O)CCC(=O)OC(C)(C)C. The highest BCUT2D eigenvalue weighted by atomic mass is 16.6. The molecule has 1 N–H and O–H groups in total. The van der Waals surface area contributed by atoms with Crippen molar-refractivity contribution in [3.05, 3.63) is 0 Å². The zero-order valence-corrected chi connectivity index (χ0v) is 14.7. The molecule has 0 aliphatic rings. The topological polar surface area (TPSA) is 89.9 Å². The molecule has 0 fully saturated rings. The van der Waals surface area contributed by atoms with Crippen LogP contribution in [0.15, 0.2) is 0 Å². The minimum atomic E-state index is -0.808. The van der Waals surface area contributed by atoms with Crippen LogP contribution >= 0.6 is 0 Å². The van der Waals surface area contributed by atoms with Crippen molar-refractivity contribution in [2.75, 3.05) is 6.61 Å². The van der Waals surface area contributed by atoms with E-state index in [1.165, 1.54) is 0 Å². The molecule has 0 rings (SSSR count). The van der Waals surface area contributed by atoms with Gasteiger partial charge in [-0.1, -0.05) is 12.8 Å². The largest absolute Gasteiger partial charge is 0.481 e. The van der Waals surface area contributed by atoms with Gasteiger partial charge in [-0.2, -0.15) is 0 Å². The quantitative estimate of drug-likeness (QED) is 0.462. The summed E-state index contributed by atoms with van der Waals surface area (Å²) in [6.45, 7) is 7.46. The lowest BCUT2D eigenvalue weighted by molar-refractivity contribution is -0.156. The van der Waals surface area contributed by atoms with E-state index in [9.17, 15) is 14.4 Å². The van der Waals surface area contributed by atoms with Gasteiger partial charge in [0.1, 0.15) is 5.60 Å². The number of carbonyl (C=O) groups excluding carboxylic acids is 2. The van der Waals surface area contributed by atoms with Gasteiger partial charge in [-0.05, 0) is 47.0 Å². The molecule has 0 aliphatic carbocycles. The van der Waals surface area contributed by atoms with Crippen LogP contribution in [0.2, 0.25) is 0 Å². The van der Waals surface area contributed by atoms with Gasteiger partial charge >= 0.3 is 17.9 Å². The van der Waals surface area contributed by atoms with Crippen molar-refractivity contribution < 1.29 is 29.0 Å². The Labute approximate surface area is 138 Å². The maximum Gasteiger partial charge on any atom is 0.308 e. The van der Waals surface area contributed by atoms with Gasteiger partial charge in [-0.25, -0.2) is 0 Å². The molecule has 0 amide bonds. The van der Waals surface area contributed by atoms with Crippen LogP contribution in [0.4, 0.5) is 0 Å². The summed E-state index contributed by atoms with van der Waals surface area (Å²) in [6.07, 6.45) is 3.39. The predicted octanol–water partition coefficient (Wildman–Crippen LogP) is 3.32. The van der Waals surface area contributed by atoms with Crippen LogP contribution in [-0.4, -0.2) is 35.2 Å². The lowest BCUT2D eigenvalue weighted by Gasteiger charge is -2.20. The van der Waals surface area contributed by atoms with Gasteiger partial charge in [-0.15, -0.1) is 0 Å². The molecule has 0 aromatic carbocycles. The Morgan fingerprint density at radius 1 is 1.00 bits per heavy atom. The van der Waals surface area contributed by atoms with Crippen LogP contribution in [0.3, 0.4) is 0 Å². The van der Waals surface area contributed by atoms with E-state index in [2.05, 4.69) is 0 Å². The number of carbonyl (C=O) groups is 3. The van der Waals surface area contributed by atoms with Gasteiger partial charge in [0.15, 0.2) is 0 Å². The van der Waals surface area contributed by atoms with E-state index in [1.54, 1.807) is 27.7 Å². The van der Waals surface area contributed by atoms with Crippen molar-refractivity contribution in [2.24, 2.45) is 5.92 Å². The average molecular weight is 330 g/mol. The number of unbranched alkanes of at least 4 members (excludes halogenated alkanes) is 2. The van der Waals surface area contributed by atoms with Gasteiger partial charge < -0.3 is 14.6 Å². The summed E-state index contributed by atoms with van der Waals surface area (Å²) < 4.78 is 10.3. The number of rotatable bonds is 11. The molecule has 6 nitrogen and oxygen atoms in total. The van der Waals surface area contributed by atoms with Gasteiger partial charge in [0.2, 0.25) is 0 Å². The van der Waals surface area contributed by atoms with Crippen LogP contribution in [0.1, 0.15) is 72.6 Å². The summed E-state index contributed by atoms with van der Waals surface area (Å²) in [5, 5.41) is 8.59. The van der Waals surface area contributed by atoms with Crippen molar-refractivity contribution in [3.63, 3.8) is 0 Å². The Kier molecular flexibility index (Phi) is 10.3. The zero-order chi connectivity index (χ0) is 17.9. The van der Waals surface area contributed by atoms with Crippen LogP contribution in [0.5, 0.6) is 0 Å². The number of esters is 2. The van der Waals surface area contributed by atoms with E-state index in [0.29, 0.717) is 25.9 Å². The number of hydrogen-bond acceptors (Lipinski definition) is 5. The van der Waals surface area contributed by atoms with Gasteiger partial charge in [0.25, 0.3) is 0 Å². The summed E-state index contributed by atoms with van der Waals surface area (Å²) in [4.78, 5) is 34.2. The maximum atomic E-state index is 11.9. The summed E-state index contributed by atoms with van der Waals surface area (Å²) in [5.74, 6) is -1.77. The van der Waals surface area contributed by atoms with E-state index >= 15 is 0 Å². The monoisotopic (exact) mass is 330 g/mol. The summed E-state index contributed by atoms with van der Waals surface area (Å²) in [5.41, 5.74) is -0.534. The molecule has 0 saturated carbocycles. The smallest absolute Gasteiger partial charge is 0.308 e. The molecule has 0 heterocycles. The van der Waals surface area contributed by atoms with Crippen molar-refractivity contribution in [1.82, 2.24) is 0 Å². The second-order valence-corrected chi connectivity index (χ2v) is 6.57. The summed E-state index contributed by atoms with van der Waals surface area (Å²) in [7, 11) is 0. The number of carboxylic acids is 1. The molecule has 0 aromatic rings. The molecular weight excluding hydrogens is 300 g/mol. The third-order valence-corrected chi connectivity index (χ3v) is 3.18. The Bertz CT molecular complexity index is 383. The van der Waals surface area contributed by atoms with E-state index < -0.39 is 11.6 Å². The fraction of sp³-hybridized carbons (Fsp3) is 0.824. The average Bonchev–Trinajstić information content (AvgIpc) is 2.39. The van der Waals surface area contributed by atoms with E-state index in [4.69, 9.17) is 14.6 Å². The fourth-order valence-corrected chi connectivity index (χ4v) is 2.17. The standard InChI is InChI=1S/C17H30O6/c1-5-22-16(21)13(9-7-6-8-10-14(18)19)11-12-15(20)23-17(2,3)4/h13H,5-12H2,1-4H3,(H,18,19). The highest BCUT2D eigenvalue weighted by molar-refractivity contribution is 5.74. The number of ether oxygens (including phenoxy) is 2. The first-order valence-corrected chi connectivity index (χ1v) is 8.26. The summed E-state index contributed by atoms with van der Waals surface area (Å²) in [6, 6.07) is 0. The second-order valence-electron chi connectivity index (χ2n) is 6.57. The Morgan fingerprint density at radius 2 is 1.65 bits per heavy atom. The van der Waals surface area contributed by atoms with Crippen molar-refractivity contribution in [1.29, 1.82) is 0 Å². The molecule has 0 bridgehead atoms. The molecular formula is C17H30O6. The molecule has 6 heteroatoms. The van der Waals surface area contributed by atoms with Crippen LogP contribution < -0.4 is 0 Å². The lowest BCUT2D eigenvalue weighted by Crippen LogP contribution is -2.25. The van der Waals surface area contributed by atoms with Gasteiger partial charge in [0, 0.05) is 12.8 Å². The molecule has 0 aromatic heterocycles. The third kappa shape index (κ3) is 12.6. The number of hydrogen-bond donors (Lipinski definition) is 1. The van der Waals surface area contributed by atoms with Gasteiger partial charge in [0.05, 0.1) is 12.5 Å². The van der Waals surface area contributed by atoms with Crippen LogP contribution in [0.25, 0.3) is 0 Å². The third-order valence-electron chi connectivity index (χ3n) is 3.18. The molecule has 1 unspecified atom stereocenters. The summed E-state index contributed by atoms with van der Waals surface area (Å²) >= 11 is 0. The molecule has 0 radical (unpaired) electrons. The Morgan fingerprint density at radius 3 is 2.17 bits per heavy atom. The first-order chi connectivity index (χ1) is 10.7. The van der Waals surface area contributed by atoms with E-state index in [-0.39, 0.29) is 30.7 Å². The van der Waals surface area contributed by atoms with Crippen molar-refractivity contribution in [3.8, 4) is 0 Å². The van der Waals surface area contributed by atoms with Gasteiger partial charge in [-0.3, -0.25) is 14.4 Å². The lowest BCUT2D eigenvalue weighted by atomic mass is 9.96. The zero-order valence-electron chi connectivity index (χ0n) is 14.7. The molecule has 0 spiro atoms. The molecule has 1 atom stereocenters. The normalized spacial score (nSPS) is 12.5. The minimum Gasteiger partial charge on any atom is -0.481 e. The Balaban J connectivity index is 4.27. The maximum absolute atomic E-state index is 11.9. The van der Waals surface area contributed by atoms with E-state index in [1.807, 2.05) is 0 Å². The van der Waals surface area contributed by atoms with Crippen molar-refractivity contribution in [2.45, 2.75) is 78.2 Å². The van der Waals surface area contributed by atoms with Crippen LogP contribution in [-0.2, 0) is 23.9 Å². The Hall–Kier alpha value is -1.59. The number of carboxylic acid groups (broad SMARTS) is 1. The second kappa shape index (κ2) is 11.0. The first-order valence-electron chi connectivity index (χ1n) is 8.26. The van der Waals surface area contributed by atoms with Crippen molar-refractivity contribution >= 4 is 17.9 Å². The molecule has 0 aliphatic heterocycles. The first kappa shape index (κ1) is 21.4. The number of aliphatic carboxylic acids is 1. The highest BCUT2D eigenvalue weighted by Crippen LogP contribution is 2.19. The fourth-order valence-electron chi connectivity index (χ4n) is 2.17. The van der Waals surface area contributed by atoms with Crippen LogP contribution in [0, 0.1) is 5.92 Å².